The van der Waals surface area contributed by atoms with E-state index in [0.29, 0.717) is 11.3 Å². The molecular formula is C17H14N4O2. The van der Waals surface area contributed by atoms with Crippen molar-refractivity contribution in [1.82, 2.24) is 15.4 Å². The van der Waals surface area contributed by atoms with E-state index in [9.17, 15) is 4.79 Å². The second kappa shape index (κ2) is 6.65. The molecule has 0 aliphatic rings. The summed E-state index contributed by atoms with van der Waals surface area (Å²) in [5.74, 6) is 0.409. The summed E-state index contributed by atoms with van der Waals surface area (Å²) in [5, 5.41) is 3.96. The van der Waals surface area contributed by atoms with Gasteiger partial charge in [-0.1, -0.05) is 6.07 Å². The first-order valence-corrected chi connectivity index (χ1v) is 6.94. The number of hydrogen-bond acceptors (Lipinski definition) is 5. The minimum atomic E-state index is -0.288. The van der Waals surface area contributed by atoms with Gasteiger partial charge in [-0.15, -0.1) is 0 Å². The summed E-state index contributed by atoms with van der Waals surface area (Å²) in [6, 6.07) is 12.4. The van der Waals surface area contributed by atoms with Crippen molar-refractivity contribution in [2.75, 3.05) is 7.11 Å². The van der Waals surface area contributed by atoms with Gasteiger partial charge in [-0.25, -0.2) is 5.43 Å². The van der Waals surface area contributed by atoms with E-state index in [-0.39, 0.29) is 5.91 Å². The summed E-state index contributed by atoms with van der Waals surface area (Å²) in [6.45, 7) is 0. The fourth-order valence-electron chi connectivity index (χ4n) is 2.03. The first kappa shape index (κ1) is 14.6. The molecule has 1 amide bonds. The zero-order valence-electron chi connectivity index (χ0n) is 12.4. The summed E-state index contributed by atoms with van der Waals surface area (Å²) >= 11 is 0. The van der Waals surface area contributed by atoms with Gasteiger partial charge in [0.05, 0.1) is 24.4 Å². The smallest absolute Gasteiger partial charge is 0.271 e. The summed E-state index contributed by atoms with van der Waals surface area (Å²) in [7, 11) is 1.58. The third-order valence-corrected chi connectivity index (χ3v) is 3.23. The second-order valence-electron chi connectivity index (χ2n) is 4.73. The molecule has 3 aromatic rings. The number of nitrogens with zero attached hydrogens (tertiary/aromatic N) is 3. The van der Waals surface area contributed by atoms with Crippen LogP contribution in [0.25, 0.3) is 11.0 Å². The van der Waals surface area contributed by atoms with Crippen molar-refractivity contribution < 1.29 is 9.53 Å². The van der Waals surface area contributed by atoms with Gasteiger partial charge in [-0.05, 0) is 42.0 Å². The fraction of sp³-hybridized carbons (Fsp3) is 0.0588. The van der Waals surface area contributed by atoms with Crippen LogP contribution in [0.1, 0.15) is 15.9 Å². The zero-order chi connectivity index (χ0) is 16.1. The van der Waals surface area contributed by atoms with Gasteiger partial charge >= 0.3 is 0 Å². The van der Waals surface area contributed by atoms with Gasteiger partial charge in [-0.3, -0.25) is 14.8 Å². The first-order chi connectivity index (χ1) is 11.3. The molecule has 0 saturated carbocycles. The lowest BCUT2D eigenvalue weighted by Crippen LogP contribution is -2.17. The van der Waals surface area contributed by atoms with E-state index < -0.39 is 0 Å². The summed E-state index contributed by atoms with van der Waals surface area (Å²) in [6.07, 6.45) is 4.84. The average molecular weight is 306 g/mol. The molecule has 0 aliphatic heterocycles. The Bertz CT molecular complexity index is 860. The number of rotatable bonds is 4. The Balaban J connectivity index is 1.68. The van der Waals surface area contributed by atoms with Crippen LogP contribution in [-0.2, 0) is 0 Å². The fourth-order valence-corrected chi connectivity index (χ4v) is 2.03. The Morgan fingerprint density at radius 2 is 1.83 bits per heavy atom. The molecule has 0 fully saturated rings. The van der Waals surface area contributed by atoms with Crippen molar-refractivity contribution in [1.29, 1.82) is 0 Å². The number of benzene rings is 2. The number of methoxy groups -OCH3 is 1. The number of ether oxygens (including phenoxy) is 1. The maximum absolute atomic E-state index is 12.0. The highest BCUT2D eigenvalue weighted by Crippen LogP contribution is 2.11. The molecule has 0 unspecified atom stereocenters. The van der Waals surface area contributed by atoms with Crippen molar-refractivity contribution in [3.05, 3.63) is 66.0 Å². The van der Waals surface area contributed by atoms with E-state index in [1.807, 2.05) is 18.2 Å². The third-order valence-electron chi connectivity index (χ3n) is 3.23. The number of nitrogens with one attached hydrogen (secondary N) is 1. The van der Waals surface area contributed by atoms with Crippen LogP contribution in [0.3, 0.4) is 0 Å². The van der Waals surface area contributed by atoms with Crippen LogP contribution in [0.15, 0.2) is 60.0 Å². The van der Waals surface area contributed by atoms with Crippen molar-refractivity contribution in [3.8, 4) is 5.75 Å². The van der Waals surface area contributed by atoms with E-state index in [1.54, 1.807) is 50.0 Å². The molecule has 6 nitrogen and oxygen atoms in total. The molecule has 0 bridgehead atoms. The van der Waals surface area contributed by atoms with Gasteiger partial charge < -0.3 is 4.74 Å². The van der Waals surface area contributed by atoms with Gasteiger partial charge in [0, 0.05) is 18.0 Å². The molecule has 3 rings (SSSR count). The van der Waals surface area contributed by atoms with Gasteiger partial charge in [0.2, 0.25) is 0 Å². The normalized spacial score (nSPS) is 10.8. The monoisotopic (exact) mass is 306 g/mol. The lowest BCUT2D eigenvalue weighted by atomic mass is 10.2. The molecule has 6 heteroatoms. The highest BCUT2D eigenvalue weighted by molar-refractivity contribution is 5.95. The number of hydrogen-bond donors (Lipinski definition) is 1. The topological polar surface area (TPSA) is 76.5 Å². The first-order valence-electron chi connectivity index (χ1n) is 6.94. The van der Waals surface area contributed by atoms with Crippen LogP contribution in [0.2, 0.25) is 0 Å². The lowest BCUT2D eigenvalue weighted by molar-refractivity contribution is 0.0955. The Labute approximate surface area is 132 Å². The molecule has 23 heavy (non-hydrogen) atoms. The molecule has 1 aromatic heterocycles. The molecule has 2 aromatic carbocycles. The summed E-state index contributed by atoms with van der Waals surface area (Å²) < 4.78 is 5.05. The molecule has 0 saturated heterocycles. The number of carbonyl (C=O) groups is 1. The average Bonchev–Trinajstić information content (AvgIpc) is 2.61. The number of aromatic nitrogens is 2. The van der Waals surface area contributed by atoms with Crippen molar-refractivity contribution in [3.63, 3.8) is 0 Å². The Morgan fingerprint density at radius 1 is 1.09 bits per heavy atom. The Hall–Kier alpha value is -3.28. The predicted molar refractivity (Wildman–Crippen MR) is 87.6 cm³/mol. The molecule has 0 aliphatic carbocycles. The maximum atomic E-state index is 12.0. The molecule has 0 radical (unpaired) electrons. The summed E-state index contributed by atoms with van der Waals surface area (Å²) in [5.41, 5.74) is 5.41. The van der Waals surface area contributed by atoms with Crippen molar-refractivity contribution in [2.24, 2.45) is 5.10 Å². The largest absolute Gasteiger partial charge is 0.497 e. The highest BCUT2D eigenvalue weighted by atomic mass is 16.5. The van der Waals surface area contributed by atoms with E-state index in [0.717, 1.165) is 16.6 Å². The van der Waals surface area contributed by atoms with Crippen molar-refractivity contribution in [2.45, 2.75) is 0 Å². The lowest BCUT2D eigenvalue weighted by Gasteiger charge is -2.02. The van der Waals surface area contributed by atoms with E-state index in [4.69, 9.17) is 4.74 Å². The van der Waals surface area contributed by atoms with Crippen LogP contribution in [-0.4, -0.2) is 29.2 Å². The zero-order valence-corrected chi connectivity index (χ0v) is 12.4. The minimum Gasteiger partial charge on any atom is -0.497 e. The Kier molecular flexibility index (Phi) is 4.24. The van der Waals surface area contributed by atoms with Crippen LogP contribution in [0.4, 0.5) is 0 Å². The molecule has 114 valence electrons. The SMILES string of the molecule is COc1ccc(C(=O)N/N=C\c2ccc3nccnc3c2)cc1. The number of hydrazone groups is 1. The van der Waals surface area contributed by atoms with E-state index in [2.05, 4.69) is 20.5 Å². The van der Waals surface area contributed by atoms with Crippen LogP contribution < -0.4 is 10.2 Å². The quantitative estimate of drug-likeness (QED) is 0.593. The standard InChI is InChI=1S/C17H14N4O2/c1-23-14-5-3-13(4-6-14)17(22)21-20-11-12-2-7-15-16(10-12)19-9-8-18-15/h2-11H,1H3,(H,21,22)/b20-11-. The number of fused-ring (bicyclic) bond motifs is 1. The molecule has 0 spiro atoms. The van der Waals surface area contributed by atoms with Gasteiger partial charge in [-0.2, -0.15) is 5.10 Å². The predicted octanol–water partition coefficient (Wildman–Crippen LogP) is 2.40. The highest BCUT2D eigenvalue weighted by Gasteiger charge is 2.03. The third kappa shape index (κ3) is 3.49. The maximum Gasteiger partial charge on any atom is 0.271 e. The minimum absolute atomic E-state index is 0.288. The Morgan fingerprint density at radius 3 is 2.57 bits per heavy atom. The van der Waals surface area contributed by atoms with Crippen molar-refractivity contribution >= 4 is 23.2 Å². The van der Waals surface area contributed by atoms with Gasteiger partial charge in [0.25, 0.3) is 5.91 Å². The van der Waals surface area contributed by atoms with Crippen LogP contribution in [0.5, 0.6) is 5.75 Å². The molecule has 1 N–H and O–H groups in total. The second-order valence-corrected chi connectivity index (χ2v) is 4.73. The van der Waals surface area contributed by atoms with Gasteiger partial charge in [0.1, 0.15) is 5.75 Å². The molecule has 0 atom stereocenters. The summed E-state index contributed by atoms with van der Waals surface area (Å²) in [4.78, 5) is 20.4. The van der Waals surface area contributed by atoms with E-state index in [1.165, 1.54) is 0 Å². The van der Waals surface area contributed by atoms with Crippen LogP contribution in [0, 0.1) is 0 Å². The molecule has 1 heterocycles. The number of carbonyl (C=O) groups excluding carboxylic acids is 1. The molecular weight excluding hydrogens is 292 g/mol. The van der Waals surface area contributed by atoms with Gasteiger partial charge in [0.15, 0.2) is 0 Å². The van der Waals surface area contributed by atoms with E-state index >= 15 is 0 Å². The van der Waals surface area contributed by atoms with Crippen LogP contribution >= 0.6 is 0 Å². The number of amides is 1.